The largest absolute Gasteiger partial charge is 0.336 e. The Labute approximate surface area is 167 Å². The van der Waals surface area contributed by atoms with Gasteiger partial charge in [-0.15, -0.1) is 0 Å². The molecule has 29 heavy (non-hydrogen) atoms. The molecular formula is C21H21F2N5O. The number of aromatic nitrogens is 3. The Bertz CT molecular complexity index is 999. The number of hydrogen-bond donors (Lipinski definition) is 2. The number of rotatable bonds is 5. The highest BCUT2D eigenvalue weighted by Crippen LogP contribution is 2.30. The van der Waals surface area contributed by atoms with Crippen molar-refractivity contribution in [3.05, 3.63) is 65.5 Å². The van der Waals surface area contributed by atoms with Crippen LogP contribution in [0.15, 0.2) is 42.6 Å². The van der Waals surface area contributed by atoms with Gasteiger partial charge in [0.25, 0.3) is 0 Å². The second-order valence-corrected chi connectivity index (χ2v) is 6.90. The second-order valence-electron chi connectivity index (χ2n) is 6.90. The topological polar surface area (TPSA) is 71.8 Å². The average molecular weight is 397 g/mol. The number of anilines is 1. The maximum Gasteiger partial charge on any atom is 0.319 e. The lowest BCUT2D eigenvalue weighted by atomic mass is 9.95. The Morgan fingerprint density at radius 3 is 2.62 bits per heavy atom. The van der Waals surface area contributed by atoms with Gasteiger partial charge in [0.05, 0.1) is 12.2 Å². The first-order chi connectivity index (χ1) is 14.1. The summed E-state index contributed by atoms with van der Waals surface area (Å²) in [6, 6.07) is 8.50. The van der Waals surface area contributed by atoms with Crippen LogP contribution in [0.25, 0.3) is 11.4 Å². The Hall–Kier alpha value is -3.29. The van der Waals surface area contributed by atoms with Gasteiger partial charge in [0.1, 0.15) is 23.0 Å². The monoisotopic (exact) mass is 397 g/mol. The lowest BCUT2D eigenvalue weighted by Gasteiger charge is -2.14. The van der Waals surface area contributed by atoms with E-state index in [1.807, 2.05) is 22.9 Å². The van der Waals surface area contributed by atoms with E-state index in [0.717, 1.165) is 49.2 Å². The standard InChI is InChI=1S/C21H21F2N5O/c22-15-7-5-8-16(23)20(15)26-21(29)25-12-13-28-18-10-2-1-6-14(18)19(27-28)17-9-3-4-11-24-17/h3-5,7-9,11H,1-2,6,10,12-13H2,(H2,25,26,29). The van der Waals surface area contributed by atoms with Crippen molar-refractivity contribution in [3.63, 3.8) is 0 Å². The zero-order valence-electron chi connectivity index (χ0n) is 15.8. The highest BCUT2D eigenvalue weighted by molar-refractivity contribution is 5.89. The number of benzene rings is 1. The Balaban J connectivity index is 1.44. The number of nitrogens with one attached hydrogen (secondary N) is 2. The zero-order valence-corrected chi connectivity index (χ0v) is 15.8. The van der Waals surface area contributed by atoms with Crippen LogP contribution in [0.4, 0.5) is 19.3 Å². The zero-order chi connectivity index (χ0) is 20.2. The van der Waals surface area contributed by atoms with Crippen LogP contribution < -0.4 is 10.6 Å². The number of carbonyl (C=O) groups excluding carboxylic acids is 1. The minimum absolute atomic E-state index is 0.275. The molecule has 0 aliphatic heterocycles. The van der Waals surface area contributed by atoms with Gasteiger partial charge in [0.15, 0.2) is 0 Å². The number of para-hydroxylation sites is 1. The Kier molecular flexibility index (Phi) is 5.50. The number of pyridine rings is 1. The Morgan fingerprint density at radius 1 is 1.07 bits per heavy atom. The van der Waals surface area contributed by atoms with E-state index in [2.05, 4.69) is 15.6 Å². The van der Waals surface area contributed by atoms with Crippen molar-refractivity contribution in [2.75, 3.05) is 11.9 Å². The first-order valence-corrected chi connectivity index (χ1v) is 9.62. The molecule has 0 saturated heterocycles. The first kappa shape index (κ1) is 19.0. The number of urea groups is 1. The molecule has 2 amide bonds. The number of amides is 2. The molecule has 1 aliphatic carbocycles. The fourth-order valence-corrected chi connectivity index (χ4v) is 3.61. The maximum absolute atomic E-state index is 13.6. The molecule has 0 fully saturated rings. The van der Waals surface area contributed by atoms with Gasteiger partial charge >= 0.3 is 6.03 Å². The minimum Gasteiger partial charge on any atom is -0.336 e. The van der Waals surface area contributed by atoms with Gasteiger partial charge in [0, 0.05) is 24.0 Å². The summed E-state index contributed by atoms with van der Waals surface area (Å²) in [5.41, 5.74) is 3.65. The molecule has 2 heterocycles. The second kappa shape index (κ2) is 8.38. The van der Waals surface area contributed by atoms with E-state index in [9.17, 15) is 13.6 Å². The minimum atomic E-state index is -0.818. The Morgan fingerprint density at radius 2 is 1.86 bits per heavy atom. The number of nitrogens with zero attached hydrogens (tertiary/aromatic N) is 3. The van der Waals surface area contributed by atoms with Gasteiger partial charge < -0.3 is 10.6 Å². The molecular weight excluding hydrogens is 376 g/mol. The van der Waals surface area contributed by atoms with E-state index in [0.29, 0.717) is 6.54 Å². The van der Waals surface area contributed by atoms with Crippen molar-refractivity contribution in [1.29, 1.82) is 0 Å². The van der Waals surface area contributed by atoms with Gasteiger partial charge in [-0.1, -0.05) is 12.1 Å². The van der Waals surface area contributed by atoms with Crippen LogP contribution in [-0.2, 0) is 19.4 Å². The molecule has 150 valence electrons. The van der Waals surface area contributed by atoms with Crippen LogP contribution in [0.2, 0.25) is 0 Å². The van der Waals surface area contributed by atoms with Gasteiger partial charge in [-0.2, -0.15) is 5.10 Å². The molecule has 0 saturated carbocycles. The molecule has 8 heteroatoms. The average Bonchev–Trinajstić information content (AvgIpc) is 3.10. The van der Waals surface area contributed by atoms with E-state index < -0.39 is 23.4 Å². The summed E-state index contributed by atoms with van der Waals surface area (Å²) < 4.78 is 29.2. The number of hydrogen-bond acceptors (Lipinski definition) is 3. The third kappa shape index (κ3) is 4.11. The van der Waals surface area contributed by atoms with Gasteiger partial charge in [0.2, 0.25) is 0 Å². The first-order valence-electron chi connectivity index (χ1n) is 9.62. The fraction of sp³-hybridized carbons (Fsp3) is 0.286. The van der Waals surface area contributed by atoms with Crippen LogP contribution in [0.1, 0.15) is 24.1 Å². The summed E-state index contributed by atoms with van der Waals surface area (Å²) in [5, 5.41) is 9.58. The van der Waals surface area contributed by atoms with E-state index in [4.69, 9.17) is 5.10 Å². The predicted molar refractivity (Wildman–Crippen MR) is 105 cm³/mol. The van der Waals surface area contributed by atoms with Crippen LogP contribution in [0, 0.1) is 11.6 Å². The van der Waals surface area contributed by atoms with Crippen molar-refractivity contribution < 1.29 is 13.6 Å². The molecule has 2 N–H and O–H groups in total. The molecule has 0 bridgehead atoms. The number of halogens is 2. The molecule has 4 rings (SSSR count). The summed E-state index contributed by atoms with van der Waals surface area (Å²) in [4.78, 5) is 16.4. The summed E-state index contributed by atoms with van der Waals surface area (Å²) in [7, 11) is 0. The van der Waals surface area contributed by atoms with Gasteiger partial charge in [-0.25, -0.2) is 13.6 Å². The highest BCUT2D eigenvalue weighted by atomic mass is 19.1. The number of fused-ring (bicyclic) bond motifs is 1. The predicted octanol–water partition coefficient (Wildman–Crippen LogP) is 3.92. The van der Waals surface area contributed by atoms with Crippen molar-refractivity contribution >= 4 is 11.7 Å². The highest BCUT2D eigenvalue weighted by Gasteiger charge is 2.22. The SMILES string of the molecule is O=C(NCCn1nc(-c2ccccn2)c2c1CCCC2)Nc1c(F)cccc1F. The summed E-state index contributed by atoms with van der Waals surface area (Å²) in [5.74, 6) is -1.64. The van der Waals surface area contributed by atoms with Gasteiger partial charge in [-0.05, 0) is 49.9 Å². The molecule has 2 aromatic heterocycles. The lowest BCUT2D eigenvalue weighted by molar-refractivity contribution is 0.251. The van der Waals surface area contributed by atoms with E-state index in [1.54, 1.807) is 6.20 Å². The van der Waals surface area contributed by atoms with Gasteiger partial charge in [-0.3, -0.25) is 9.67 Å². The molecule has 6 nitrogen and oxygen atoms in total. The van der Waals surface area contributed by atoms with Crippen LogP contribution in [0.5, 0.6) is 0 Å². The maximum atomic E-state index is 13.6. The van der Waals surface area contributed by atoms with E-state index in [1.165, 1.54) is 17.3 Å². The van der Waals surface area contributed by atoms with Crippen LogP contribution >= 0.6 is 0 Å². The third-order valence-corrected chi connectivity index (χ3v) is 4.97. The molecule has 1 aromatic carbocycles. The van der Waals surface area contributed by atoms with Crippen molar-refractivity contribution in [1.82, 2.24) is 20.1 Å². The van der Waals surface area contributed by atoms with Crippen LogP contribution in [0.3, 0.4) is 0 Å². The molecule has 0 unspecified atom stereocenters. The van der Waals surface area contributed by atoms with E-state index >= 15 is 0 Å². The quantitative estimate of drug-likeness (QED) is 0.685. The molecule has 3 aromatic rings. The summed E-state index contributed by atoms with van der Waals surface area (Å²) >= 11 is 0. The number of carbonyl (C=O) groups is 1. The lowest BCUT2D eigenvalue weighted by Crippen LogP contribution is -2.32. The summed E-state index contributed by atoms with van der Waals surface area (Å²) in [6.45, 7) is 0.736. The van der Waals surface area contributed by atoms with Crippen molar-refractivity contribution in [2.45, 2.75) is 32.2 Å². The van der Waals surface area contributed by atoms with Crippen molar-refractivity contribution in [3.8, 4) is 11.4 Å². The van der Waals surface area contributed by atoms with Crippen LogP contribution in [-0.4, -0.2) is 27.3 Å². The molecule has 0 spiro atoms. The van der Waals surface area contributed by atoms with Crippen molar-refractivity contribution in [2.24, 2.45) is 0 Å². The molecule has 0 radical (unpaired) electrons. The smallest absolute Gasteiger partial charge is 0.319 e. The summed E-state index contributed by atoms with van der Waals surface area (Å²) in [6.07, 6.45) is 5.86. The molecule has 0 atom stereocenters. The van der Waals surface area contributed by atoms with E-state index in [-0.39, 0.29) is 6.54 Å². The third-order valence-electron chi connectivity index (χ3n) is 4.97. The molecule has 1 aliphatic rings. The fourth-order valence-electron chi connectivity index (χ4n) is 3.61. The normalized spacial score (nSPS) is 13.0.